The lowest BCUT2D eigenvalue weighted by atomic mass is 9.79. The molecule has 0 aliphatic rings. The Morgan fingerprint density at radius 3 is 2.23 bits per heavy atom. The molecule has 1 aromatic carbocycles. The highest BCUT2D eigenvalue weighted by atomic mass is 16.6. The third kappa shape index (κ3) is 5.32. The Labute approximate surface area is 154 Å². The molecule has 0 fully saturated rings. The van der Waals surface area contributed by atoms with E-state index in [9.17, 15) is 14.4 Å². The first-order chi connectivity index (χ1) is 12.4. The molecule has 0 amide bonds. The average molecular weight is 356 g/mol. The van der Waals surface area contributed by atoms with E-state index in [-0.39, 0.29) is 26.1 Å². The SMILES string of the molecule is C=C(C)CC(CC#Cc1ccccc1C=O)(C(=O)OCC)C(=O)OCC. The summed E-state index contributed by atoms with van der Waals surface area (Å²) >= 11 is 0. The molecule has 0 radical (unpaired) electrons. The second kappa shape index (κ2) is 10.2. The number of benzene rings is 1. The van der Waals surface area contributed by atoms with Gasteiger partial charge >= 0.3 is 11.9 Å². The molecular formula is C21H24O5. The Hall–Kier alpha value is -2.87. The first-order valence-corrected chi connectivity index (χ1v) is 8.43. The molecule has 0 aromatic heterocycles. The summed E-state index contributed by atoms with van der Waals surface area (Å²) in [5, 5.41) is 0. The van der Waals surface area contributed by atoms with Gasteiger partial charge in [0.05, 0.1) is 13.2 Å². The van der Waals surface area contributed by atoms with Crippen molar-refractivity contribution >= 4 is 18.2 Å². The molecule has 0 atom stereocenters. The lowest BCUT2D eigenvalue weighted by Gasteiger charge is -2.27. The zero-order valence-corrected chi connectivity index (χ0v) is 15.5. The van der Waals surface area contributed by atoms with E-state index in [1.807, 2.05) is 0 Å². The summed E-state index contributed by atoms with van der Waals surface area (Å²) in [6, 6.07) is 6.84. The molecule has 0 aliphatic heterocycles. The maximum Gasteiger partial charge on any atom is 0.324 e. The quantitative estimate of drug-likeness (QED) is 0.235. The molecule has 0 unspecified atom stereocenters. The predicted octanol–water partition coefficient (Wildman–Crippen LogP) is 3.32. The zero-order chi connectivity index (χ0) is 19.6. The topological polar surface area (TPSA) is 69.7 Å². The molecule has 5 nitrogen and oxygen atoms in total. The van der Waals surface area contributed by atoms with Crippen LogP contribution in [0.15, 0.2) is 36.4 Å². The minimum atomic E-state index is -1.57. The van der Waals surface area contributed by atoms with Gasteiger partial charge in [-0.05, 0) is 33.3 Å². The van der Waals surface area contributed by atoms with Crippen LogP contribution in [0.25, 0.3) is 0 Å². The van der Waals surface area contributed by atoms with E-state index in [1.54, 1.807) is 45.0 Å². The van der Waals surface area contributed by atoms with Crippen LogP contribution in [0.1, 0.15) is 49.5 Å². The van der Waals surface area contributed by atoms with Crippen molar-refractivity contribution in [2.75, 3.05) is 13.2 Å². The van der Waals surface area contributed by atoms with Gasteiger partial charge < -0.3 is 9.47 Å². The van der Waals surface area contributed by atoms with Crippen LogP contribution in [0.5, 0.6) is 0 Å². The van der Waals surface area contributed by atoms with E-state index in [4.69, 9.17) is 9.47 Å². The second-order valence-corrected chi connectivity index (χ2v) is 5.84. The van der Waals surface area contributed by atoms with Gasteiger partial charge in [-0.3, -0.25) is 14.4 Å². The van der Waals surface area contributed by atoms with Gasteiger partial charge in [0, 0.05) is 17.5 Å². The summed E-state index contributed by atoms with van der Waals surface area (Å²) in [6.07, 6.45) is 0.696. The lowest BCUT2D eigenvalue weighted by Crippen LogP contribution is -2.42. The number of carbonyl (C=O) groups is 3. The highest BCUT2D eigenvalue weighted by molar-refractivity contribution is 6.00. The fourth-order valence-corrected chi connectivity index (χ4v) is 2.49. The third-order valence-electron chi connectivity index (χ3n) is 3.64. The minimum Gasteiger partial charge on any atom is -0.465 e. The lowest BCUT2D eigenvalue weighted by molar-refractivity contribution is -0.171. The summed E-state index contributed by atoms with van der Waals surface area (Å²) in [4.78, 5) is 36.3. The number of allylic oxidation sites excluding steroid dienone is 1. The van der Waals surface area contributed by atoms with E-state index in [2.05, 4.69) is 18.4 Å². The molecule has 0 spiro atoms. The summed E-state index contributed by atoms with van der Waals surface area (Å²) in [5.41, 5.74) is 0.0412. The number of esters is 2. The standard InChI is InChI=1S/C21H24O5/c1-5-25-19(23)21(14-16(3)4,20(24)26-6-2)13-9-12-17-10-7-8-11-18(17)15-22/h7-8,10-11,15H,3,5-6,13-14H2,1-2,4H3. The van der Waals surface area contributed by atoms with E-state index >= 15 is 0 Å². The van der Waals surface area contributed by atoms with Crippen LogP contribution in [-0.2, 0) is 19.1 Å². The third-order valence-corrected chi connectivity index (χ3v) is 3.64. The summed E-state index contributed by atoms with van der Waals surface area (Å²) in [6.45, 7) is 9.14. The van der Waals surface area contributed by atoms with Crippen molar-refractivity contribution in [3.63, 3.8) is 0 Å². The highest BCUT2D eigenvalue weighted by Gasteiger charge is 2.48. The van der Waals surface area contributed by atoms with Gasteiger partial charge in [-0.25, -0.2) is 0 Å². The molecule has 1 aromatic rings. The minimum absolute atomic E-state index is 0.0780. The van der Waals surface area contributed by atoms with Crippen LogP contribution in [0.4, 0.5) is 0 Å². The van der Waals surface area contributed by atoms with Crippen molar-refractivity contribution in [1.82, 2.24) is 0 Å². The Kier molecular flexibility index (Phi) is 8.30. The smallest absolute Gasteiger partial charge is 0.324 e. The highest BCUT2D eigenvalue weighted by Crippen LogP contribution is 2.33. The van der Waals surface area contributed by atoms with Crippen LogP contribution in [0.3, 0.4) is 0 Å². The van der Waals surface area contributed by atoms with Gasteiger partial charge in [-0.2, -0.15) is 0 Å². The normalized spacial score (nSPS) is 10.3. The fourth-order valence-electron chi connectivity index (χ4n) is 2.49. The van der Waals surface area contributed by atoms with Crippen molar-refractivity contribution in [3.05, 3.63) is 47.5 Å². The van der Waals surface area contributed by atoms with Gasteiger partial charge in [-0.1, -0.05) is 35.6 Å². The average Bonchev–Trinajstić information content (AvgIpc) is 2.61. The molecule has 0 saturated carbocycles. The van der Waals surface area contributed by atoms with Gasteiger partial charge in [-0.15, -0.1) is 6.58 Å². The number of aldehydes is 1. The summed E-state index contributed by atoms with van der Waals surface area (Å²) < 4.78 is 10.2. The molecule has 0 aliphatic carbocycles. The summed E-state index contributed by atoms with van der Waals surface area (Å²) in [5.74, 6) is 4.35. The van der Waals surface area contributed by atoms with Crippen LogP contribution in [0, 0.1) is 17.3 Å². The Bertz CT molecular complexity index is 718. The Balaban J connectivity index is 3.29. The first-order valence-electron chi connectivity index (χ1n) is 8.43. The number of hydrogen-bond donors (Lipinski definition) is 0. The predicted molar refractivity (Wildman–Crippen MR) is 98.5 cm³/mol. The van der Waals surface area contributed by atoms with Crippen molar-refractivity contribution in [2.45, 2.75) is 33.6 Å². The van der Waals surface area contributed by atoms with Crippen molar-refractivity contribution in [1.29, 1.82) is 0 Å². The van der Waals surface area contributed by atoms with E-state index in [0.29, 0.717) is 23.0 Å². The number of hydrogen-bond acceptors (Lipinski definition) is 5. The molecule has 138 valence electrons. The maximum atomic E-state index is 12.6. The molecule has 5 heteroatoms. The van der Waals surface area contributed by atoms with Gasteiger partial charge in [0.2, 0.25) is 0 Å². The van der Waals surface area contributed by atoms with Crippen molar-refractivity contribution in [3.8, 4) is 11.8 Å². The molecule has 0 saturated heterocycles. The fraction of sp³-hybridized carbons (Fsp3) is 0.381. The van der Waals surface area contributed by atoms with Crippen molar-refractivity contribution in [2.24, 2.45) is 5.41 Å². The number of ether oxygens (including phenoxy) is 2. The largest absolute Gasteiger partial charge is 0.465 e. The molecule has 26 heavy (non-hydrogen) atoms. The van der Waals surface area contributed by atoms with E-state index < -0.39 is 17.4 Å². The number of carbonyl (C=O) groups excluding carboxylic acids is 3. The van der Waals surface area contributed by atoms with Crippen LogP contribution < -0.4 is 0 Å². The second-order valence-electron chi connectivity index (χ2n) is 5.84. The monoisotopic (exact) mass is 356 g/mol. The van der Waals surface area contributed by atoms with Crippen molar-refractivity contribution < 1.29 is 23.9 Å². The van der Waals surface area contributed by atoms with Crippen LogP contribution in [0.2, 0.25) is 0 Å². The Morgan fingerprint density at radius 2 is 1.73 bits per heavy atom. The van der Waals surface area contributed by atoms with Crippen LogP contribution >= 0.6 is 0 Å². The molecular weight excluding hydrogens is 332 g/mol. The van der Waals surface area contributed by atoms with Gasteiger partial charge in [0.1, 0.15) is 0 Å². The summed E-state index contributed by atoms with van der Waals surface area (Å²) in [7, 11) is 0. The van der Waals surface area contributed by atoms with E-state index in [1.165, 1.54) is 0 Å². The zero-order valence-electron chi connectivity index (χ0n) is 15.5. The molecule has 1 rings (SSSR count). The maximum absolute atomic E-state index is 12.6. The molecule has 0 bridgehead atoms. The molecule has 0 heterocycles. The van der Waals surface area contributed by atoms with Gasteiger partial charge in [0.25, 0.3) is 0 Å². The molecule has 0 N–H and O–H groups in total. The van der Waals surface area contributed by atoms with E-state index in [0.717, 1.165) is 0 Å². The number of rotatable bonds is 8. The van der Waals surface area contributed by atoms with Gasteiger partial charge in [0.15, 0.2) is 11.7 Å². The van der Waals surface area contributed by atoms with Crippen LogP contribution in [-0.4, -0.2) is 31.4 Å². The first kappa shape index (κ1) is 21.2. The Morgan fingerprint density at radius 1 is 1.15 bits per heavy atom.